The number of rotatable bonds is 5. The molecule has 0 aliphatic carbocycles. The highest BCUT2D eigenvalue weighted by Crippen LogP contribution is 2.32. The maximum Gasteiger partial charge on any atom is 0.226 e. The molecule has 2 aromatic carbocycles. The van der Waals surface area contributed by atoms with Crippen molar-refractivity contribution < 1.29 is 18.4 Å². The number of nitrogens with zero attached hydrogens (tertiary/aromatic N) is 1. The van der Waals surface area contributed by atoms with Crippen molar-refractivity contribution in [1.82, 2.24) is 0 Å². The van der Waals surface area contributed by atoms with E-state index in [2.05, 4.69) is 5.32 Å². The largest absolute Gasteiger partial charge is 0.326 e. The summed E-state index contributed by atoms with van der Waals surface area (Å²) < 4.78 is 26.0. The van der Waals surface area contributed by atoms with Gasteiger partial charge < -0.3 is 10.2 Å². The lowest BCUT2D eigenvalue weighted by Gasteiger charge is -2.22. The number of benzene rings is 2. The highest BCUT2D eigenvalue weighted by atomic mass is 35.5. The van der Waals surface area contributed by atoms with Crippen LogP contribution in [-0.2, 0) is 9.59 Å². The van der Waals surface area contributed by atoms with Crippen LogP contribution in [0.15, 0.2) is 36.4 Å². The molecule has 1 N–H and O–H groups in total. The first-order valence-electron chi connectivity index (χ1n) is 7.26. The van der Waals surface area contributed by atoms with E-state index in [-0.39, 0.29) is 34.6 Å². The van der Waals surface area contributed by atoms with E-state index in [9.17, 15) is 18.4 Å². The van der Waals surface area contributed by atoms with E-state index in [0.717, 1.165) is 12.1 Å². The number of amides is 2. The molecule has 0 aromatic heterocycles. The normalized spacial score (nSPS) is 10.4. The molecule has 0 aliphatic rings. The summed E-state index contributed by atoms with van der Waals surface area (Å²) in [5, 5.41) is 2.94. The zero-order chi connectivity index (χ0) is 18.6. The van der Waals surface area contributed by atoms with Crippen LogP contribution in [0.5, 0.6) is 0 Å². The average molecular weight is 387 g/mol. The van der Waals surface area contributed by atoms with Crippen LogP contribution in [0.25, 0.3) is 0 Å². The molecule has 0 bridgehead atoms. The topological polar surface area (TPSA) is 49.4 Å². The van der Waals surface area contributed by atoms with Gasteiger partial charge in [-0.15, -0.1) is 0 Å². The molecule has 2 aromatic rings. The zero-order valence-electron chi connectivity index (χ0n) is 13.2. The van der Waals surface area contributed by atoms with E-state index >= 15 is 0 Å². The fourth-order valence-corrected chi connectivity index (χ4v) is 2.56. The molecule has 0 fully saturated rings. The van der Waals surface area contributed by atoms with Gasteiger partial charge in [0, 0.05) is 31.6 Å². The standard InChI is InChI=1S/C17H14Cl2F2N2O2/c1-10(24)23(15-4-2-3-12(18)17(15)19)8-7-16(25)22-11-5-6-13(20)14(21)9-11/h2-6,9H,7-8H2,1H3,(H,22,25). The Bertz CT molecular complexity index is 815. The molecule has 8 heteroatoms. The molecule has 4 nitrogen and oxygen atoms in total. The maximum absolute atomic E-state index is 13.1. The van der Waals surface area contributed by atoms with Gasteiger partial charge in [-0.3, -0.25) is 9.59 Å². The molecule has 25 heavy (non-hydrogen) atoms. The minimum absolute atomic E-state index is 0.0465. The Kier molecular flexibility index (Phi) is 6.33. The van der Waals surface area contributed by atoms with Gasteiger partial charge in [-0.2, -0.15) is 0 Å². The Morgan fingerprint density at radius 3 is 2.48 bits per heavy atom. The van der Waals surface area contributed by atoms with E-state index in [1.807, 2.05) is 0 Å². The molecule has 0 aliphatic heterocycles. The Labute approximate surface area is 153 Å². The van der Waals surface area contributed by atoms with E-state index in [0.29, 0.717) is 5.69 Å². The maximum atomic E-state index is 13.1. The molecule has 2 rings (SSSR count). The molecule has 0 spiro atoms. The van der Waals surface area contributed by atoms with Crippen LogP contribution < -0.4 is 10.2 Å². The molecule has 0 heterocycles. The van der Waals surface area contributed by atoms with Gasteiger partial charge >= 0.3 is 0 Å². The van der Waals surface area contributed by atoms with Gasteiger partial charge in [0.05, 0.1) is 15.7 Å². The summed E-state index contributed by atoms with van der Waals surface area (Å²) in [6.07, 6.45) is -0.0680. The SMILES string of the molecule is CC(=O)N(CCC(=O)Nc1ccc(F)c(F)c1)c1cccc(Cl)c1Cl. The molecule has 0 saturated heterocycles. The quantitative estimate of drug-likeness (QED) is 0.812. The van der Waals surface area contributed by atoms with E-state index in [4.69, 9.17) is 23.2 Å². The number of carbonyl (C=O) groups excluding carboxylic acids is 2. The molecule has 0 atom stereocenters. The second-order valence-electron chi connectivity index (χ2n) is 5.17. The van der Waals surface area contributed by atoms with Crippen LogP contribution in [-0.4, -0.2) is 18.4 Å². The van der Waals surface area contributed by atoms with E-state index < -0.39 is 17.5 Å². The minimum atomic E-state index is -1.06. The fourth-order valence-electron chi connectivity index (χ4n) is 2.16. The van der Waals surface area contributed by atoms with Gasteiger partial charge in [-0.05, 0) is 24.3 Å². The first kappa shape index (κ1) is 19.1. The summed E-state index contributed by atoms with van der Waals surface area (Å²) in [7, 11) is 0. The lowest BCUT2D eigenvalue weighted by molar-refractivity contribution is -0.117. The lowest BCUT2D eigenvalue weighted by Crippen LogP contribution is -2.32. The summed E-state index contributed by atoms with van der Waals surface area (Å²) in [6.45, 7) is 1.38. The number of halogens is 4. The van der Waals surface area contributed by atoms with E-state index in [1.165, 1.54) is 17.9 Å². The summed E-state index contributed by atoms with van der Waals surface area (Å²) in [5.41, 5.74) is 0.515. The first-order valence-corrected chi connectivity index (χ1v) is 8.02. The van der Waals surface area contributed by atoms with E-state index in [1.54, 1.807) is 18.2 Å². The highest BCUT2D eigenvalue weighted by molar-refractivity contribution is 6.44. The Hall–Kier alpha value is -2.18. The summed E-state index contributed by atoms with van der Waals surface area (Å²) >= 11 is 12.1. The number of hydrogen-bond acceptors (Lipinski definition) is 2. The molecular formula is C17H14Cl2F2N2O2. The smallest absolute Gasteiger partial charge is 0.226 e. The van der Waals surface area contributed by atoms with Gasteiger partial charge in [0.15, 0.2) is 11.6 Å². The summed E-state index contributed by atoms with van der Waals surface area (Å²) in [5.74, 6) is -2.84. The van der Waals surface area contributed by atoms with Crippen molar-refractivity contribution in [2.45, 2.75) is 13.3 Å². The third kappa shape index (κ3) is 4.90. The monoisotopic (exact) mass is 386 g/mol. The van der Waals surface area contributed by atoms with Crippen molar-refractivity contribution >= 4 is 46.4 Å². The molecular weight excluding hydrogens is 373 g/mol. The molecule has 0 saturated carbocycles. The number of anilines is 2. The predicted octanol–water partition coefficient (Wildman–Crippen LogP) is 4.65. The van der Waals surface area contributed by atoms with Crippen molar-refractivity contribution in [3.63, 3.8) is 0 Å². The fraction of sp³-hybridized carbons (Fsp3) is 0.176. The molecule has 2 amide bonds. The van der Waals surface area contributed by atoms with Crippen LogP contribution >= 0.6 is 23.2 Å². The average Bonchev–Trinajstić information content (AvgIpc) is 2.54. The van der Waals surface area contributed by atoms with Gasteiger partial charge in [0.25, 0.3) is 0 Å². The third-order valence-corrected chi connectivity index (χ3v) is 4.18. The van der Waals surface area contributed by atoms with Crippen molar-refractivity contribution in [3.05, 3.63) is 58.1 Å². The second-order valence-corrected chi connectivity index (χ2v) is 5.96. The Morgan fingerprint density at radius 1 is 1.12 bits per heavy atom. The third-order valence-electron chi connectivity index (χ3n) is 3.37. The highest BCUT2D eigenvalue weighted by Gasteiger charge is 2.17. The van der Waals surface area contributed by atoms with Gasteiger partial charge in [-0.1, -0.05) is 29.3 Å². The molecule has 0 radical (unpaired) electrons. The number of nitrogens with one attached hydrogen (secondary N) is 1. The number of carbonyl (C=O) groups is 2. The van der Waals surface area contributed by atoms with Gasteiger partial charge in [-0.25, -0.2) is 8.78 Å². The second kappa shape index (κ2) is 8.27. The van der Waals surface area contributed by atoms with Gasteiger partial charge in [0.1, 0.15) is 0 Å². The molecule has 0 unspecified atom stereocenters. The van der Waals surface area contributed by atoms with Gasteiger partial charge in [0.2, 0.25) is 11.8 Å². The first-order chi connectivity index (χ1) is 11.8. The van der Waals surface area contributed by atoms with Crippen LogP contribution in [0.3, 0.4) is 0 Å². The van der Waals surface area contributed by atoms with Crippen molar-refractivity contribution in [1.29, 1.82) is 0 Å². The molecule has 132 valence electrons. The number of hydrogen-bond donors (Lipinski definition) is 1. The predicted molar refractivity (Wildman–Crippen MR) is 94.1 cm³/mol. The Morgan fingerprint density at radius 2 is 1.84 bits per heavy atom. The zero-order valence-corrected chi connectivity index (χ0v) is 14.7. The van der Waals surface area contributed by atoms with Crippen molar-refractivity contribution in [2.24, 2.45) is 0 Å². The van der Waals surface area contributed by atoms with Crippen molar-refractivity contribution in [3.8, 4) is 0 Å². The van der Waals surface area contributed by atoms with Crippen LogP contribution in [0, 0.1) is 11.6 Å². The summed E-state index contributed by atoms with van der Waals surface area (Å²) in [6, 6.07) is 7.88. The summed E-state index contributed by atoms with van der Waals surface area (Å²) in [4.78, 5) is 25.2. The van der Waals surface area contributed by atoms with Crippen LogP contribution in [0.1, 0.15) is 13.3 Å². The van der Waals surface area contributed by atoms with Crippen LogP contribution in [0.2, 0.25) is 10.0 Å². The minimum Gasteiger partial charge on any atom is -0.326 e. The Balaban J connectivity index is 2.05. The van der Waals surface area contributed by atoms with Crippen LogP contribution in [0.4, 0.5) is 20.2 Å². The lowest BCUT2D eigenvalue weighted by atomic mass is 10.2. The van der Waals surface area contributed by atoms with Crippen molar-refractivity contribution in [2.75, 3.05) is 16.8 Å².